The molecule has 0 atom stereocenters. The van der Waals surface area contributed by atoms with Crippen LogP contribution in [0.5, 0.6) is 0 Å². The first-order valence-electron chi connectivity index (χ1n) is 6.79. The molecule has 1 aromatic carbocycles. The standard InChI is InChI=1S/C17H16N2O2/c1-10-4-5-11(2)13(8-10)19-17(20)16-9-14-15(21-16)7-6-12(3)18-14/h4-9H,1-3H3,(H,19,20). The Labute approximate surface area is 122 Å². The Balaban J connectivity index is 1.91. The van der Waals surface area contributed by atoms with Gasteiger partial charge in [0, 0.05) is 17.4 Å². The number of fused-ring (bicyclic) bond motifs is 1. The van der Waals surface area contributed by atoms with Crippen molar-refractivity contribution in [3.8, 4) is 0 Å². The number of rotatable bonds is 2. The van der Waals surface area contributed by atoms with Crippen molar-refractivity contribution in [3.63, 3.8) is 0 Å². The van der Waals surface area contributed by atoms with Gasteiger partial charge in [0.05, 0.1) is 0 Å². The van der Waals surface area contributed by atoms with Gasteiger partial charge in [-0.3, -0.25) is 4.79 Å². The molecule has 106 valence electrons. The van der Waals surface area contributed by atoms with Gasteiger partial charge in [0.25, 0.3) is 5.91 Å². The summed E-state index contributed by atoms with van der Waals surface area (Å²) in [6, 6.07) is 11.3. The summed E-state index contributed by atoms with van der Waals surface area (Å²) >= 11 is 0. The van der Waals surface area contributed by atoms with E-state index in [-0.39, 0.29) is 11.7 Å². The Morgan fingerprint density at radius 3 is 2.71 bits per heavy atom. The lowest BCUT2D eigenvalue weighted by molar-refractivity contribution is 0.0998. The number of anilines is 1. The Morgan fingerprint density at radius 1 is 1.10 bits per heavy atom. The number of carbonyl (C=O) groups is 1. The SMILES string of the molecule is Cc1ccc(C)c(NC(=O)c2cc3nc(C)ccc3o2)c1. The number of aryl methyl sites for hydroxylation is 3. The molecule has 0 aliphatic rings. The molecule has 1 amide bonds. The molecular formula is C17H16N2O2. The van der Waals surface area contributed by atoms with Crippen molar-refractivity contribution in [3.05, 3.63) is 59.0 Å². The second kappa shape index (κ2) is 5.05. The highest BCUT2D eigenvalue weighted by atomic mass is 16.3. The summed E-state index contributed by atoms with van der Waals surface area (Å²) < 4.78 is 5.55. The van der Waals surface area contributed by atoms with Crippen LogP contribution in [-0.4, -0.2) is 10.9 Å². The lowest BCUT2D eigenvalue weighted by atomic mass is 10.1. The molecule has 0 spiro atoms. The van der Waals surface area contributed by atoms with Crippen molar-refractivity contribution in [2.24, 2.45) is 0 Å². The van der Waals surface area contributed by atoms with E-state index in [9.17, 15) is 4.79 Å². The third-order valence-corrected chi connectivity index (χ3v) is 3.38. The summed E-state index contributed by atoms with van der Waals surface area (Å²) in [7, 11) is 0. The monoisotopic (exact) mass is 280 g/mol. The van der Waals surface area contributed by atoms with Gasteiger partial charge in [0.15, 0.2) is 11.3 Å². The van der Waals surface area contributed by atoms with Gasteiger partial charge >= 0.3 is 0 Å². The molecule has 0 fully saturated rings. The minimum absolute atomic E-state index is 0.264. The normalized spacial score (nSPS) is 10.8. The van der Waals surface area contributed by atoms with Crippen LogP contribution in [0.3, 0.4) is 0 Å². The zero-order chi connectivity index (χ0) is 15.0. The number of amides is 1. The molecule has 0 unspecified atom stereocenters. The Morgan fingerprint density at radius 2 is 1.90 bits per heavy atom. The number of aromatic nitrogens is 1. The predicted octanol–water partition coefficient (Wildman–Crippen LogP) is 4.01. The molecule has 4 heteroatoms. The Kier molecular flexibility index (Phi) is 3.22. The van der Waals surface area contributed by atoms with E-state index in [1.165, 1.54) is 0 Å². The van der Waals surface area contributed by atoms with Crippen LogP contribution >= 0.6 is 0 Å². The van der Waals surface area contributed by atoms with Crippen LogP contribution in [0, 0.1) is 20.8 Å². The smallest absolute Gasteiger partial charge is 0.291 e. The zero-order valence-electron chi connectivity index (χ0n) is 12.2. The van der Waals surface area contributed by atoms with E-state index in [2.05, 4.69) is 10.3 Å². The number of nitrogens with one attached hydrogen (secondary N) is 1. The fourth-order valence-corrected chi connectivity index (χ4v) is 2.19. The van der Waals surface area contributed by atoms with Crippen LogP contribution in [-0.2, 0) is 0 Å². The van der Waals surface area contributed by atoms with Crippen LogP contribution < -0.4 is 5.32 Å². The lowest BCUT2D eigenvalue weighted by Gasteiger charge is -2.07. The summed E-state index contributed by atoms with van der Waals surface area (Å²) in [5.41, 5.74) is 5.11. The van der Waals surface area contributed by atoms with Crippen LogP contribution in [0.4, 0.5) is 5.69 Å². The van der Waals surface area contributed by atoms with E-state index in [1.807, 2.05) is 51.1 Å². The highest BCUT2D eigenvalue weighted by Crippen LogP contribution is 2.21. The molecular weight excluding hydrogens is 264 g/mol. The maximum absolute atomic E-state index is 12.3. The summed E-state index contributed by atoms with van der Waals surface area (Å²) in [6.07, 6.45) is 0. The number of benzene rings is 1. The molecule has 0 aliphatic carbocycles. The van der Waals surface area contributed by atoms with Crippen LogP contribution in [0.25, 0.3) is 11.1 Å². The van der Waals surface area contributed by atoms with Crippen LogP contribution in [0.1, 0.15) is 27.4 Å². The van der Waals surface area contributed by atoms with Crippen molar-refractivity contribution in [1.29, 1.82) is 0 Å². The first-order chi connectivity index (χ1) is 10.0. The minimum atomic E-state index is -0.264. The topological polar surface area (TPSA) is 55.1 Å². The van der Waals surface area contributed by atoms with E-state index in [1.54, 1.807) is 6.07 Å². The quantitative estimate of drug-likeness (QED) is 0.771. The van der Waals surface area contributed by atoms with Gasteiger partial charge < -0.3 is 9.73 Å². The van der Waals surface area contributed by atoms with E-state index in [4.69, 9.17) is 4.42 Å². The number of hydrogen-bond donors (Lipinski definition) is 1. The molecule has 0 saturated heterocycles. The fraction of sp³-hybridized carbons (Fsp3) is 0.176. The predicted molar refractivity (Wildman–Crippen MR) is 82.6 cm³/mol. The summed E-state index contributed by atoms with van der Waals surface area (Å²) in [4.78, 5) is 16.6. The van der Waals surface area contributed by atoms with Gasteiger partial charge in [-0.25, -0.2) is 4.98 Å². The van der Waals surface area contributed by atoms with Gasteiger partial charge in [-0.15, -0.1) is 0 Å². The second-order valence-electron chi connectivity index (χ2n) is 5.22. The lowest BCUT2D eigenvalue weighted by Crippen LogP contribution is -2.11. The summed E-state index contributed by atoms with van der Waals surface area (Å²) in [5, 5.41) is 2.88. The largest absolute Gasteiger partial charge is 0.449 e. The van der Waals surface area contributed by atoms with Crippen molar-refractivity contribution in [2.45, 2.75) is 20.8 Å². The number of hydrogen-bond acceptors (Lipinski definition) is 3. The molecule has 1 N–H and O–H groups in total. The Hall–Kier alpha value is -2.62. The first-order valence-corrected chi connectivity index (χ1v) is 6.79. The van der Waals surface area contributed by atoms with Gasteiger partial charge in [0.1, 0.15) is 5.52 Å². The van der Waals surface area contributed by atoms with E-state index in [0.717, 1.165) is 22.5 Å². The molecule has 0 radical (unpaired) electrons. The second-order valence-corrected chi connectivity index (χ2v) is 5.22. The number of pyridine rings is 1. The van der Waals surface area contributed by atoms with Crippen molar-refractivity contribution in [2.75, 3.05) is 5.32 Å². The average Bonchev–Trinajstić information content (AvgIpc) is 2.86. The van der Waals surface area contributed by atoms with Crippen molar-refractivity contribution in [1.82, 2.24) is 4.98 Å². The van der Waals surface area contributed by atoms with Gasteiger partial charge in [-0.2, -0.15) is 0 Å². The summed E-state index contributed by atoms with van der Waals surface area (Å²) in [5.74, 6) is 0.00311. The molecule has 0 saturated carbocycles. The summed E-state index contributed by atoms with van der Waals surface area (Å²) in [6.45, 7) is 5.85. The van der Waals surface area contributed by atoms with E-state index < -0.39 is 0 Å². The molecule has 21 heavy (non-hydrogen) atoms. The molecule has 2 heterocycles. The zero-order valence-corrected chi connectivity index (χ0v) is 12.2. The van der Waals surface area contributed by atoms with E-state index >= 15 is 0 Å². The highest BCUT2D eigenvalue weighted by Gasteiger charge is 2.14. The van der Waals surface area contributed by atoms with Gasteiger partial charge in [-0.05, 0) is 50.1 Å². The number of nitrogens with zero attached hydrogens (tertiary/aromatic N) is 1. The van der Waals surface area contributed by atoms with Crippen LogP contribution in [0.15, 0.2) is 40.8 Å². The Bertz CT molecular complexity index is 834. The van der Waals surface area contributed by atoms with Gasteiger partial charge in [-0.1, -0.05) is 12.1 Å². The molecule has 0 bridgehead atoms. The maximum atomic E-state index is 12.3. The maximum Gasteiger partial charge on any atom is 0.291 e. The minimum Gasteiger partial charge on any atom is -0.449 e. The fourth-order valence-electron chi connectivity index (χ4n) is 2.19. The molecule has 2 aromatic heterocycles. The first kappa shape index (κ1) is 13.4. The molecule has 0 aliphatic heterocycles. The third-order valence-electron chi connectivity index (χ3n) is 3.38. The molecule has 3 rings (SSSR count). The van der Waals surface area contributed by atoms with E-state index in [0.29, 0.717) is 11.1 Å². The number of furan rings is 1. The molecule has 3 aromatic rings. The van der Waals surface area contributed by atoms with Crippen LogP contribution in [0.2, 0.25) is 0 Å². The van der Waals surface area contributed by atoms with Crippen molar-refractivity contribution < 1.29 is 9.21 Å². The van der Waals surface area contributed by atoms with Gasteiger partial charge in [0.2, 0.25) is 0 Å². The molecule has 4 nitrogen and oxygen atoms in total. The van der Waals surface area contributed by atoms with Crippen molar-refractivity contribution >= 4 is 22.7 Å². The number of carbonyl (C=O) groups excluding carboxylic acids is 1. The highest BCUT2D eigenvalue weighted by molar-refractivity contribution is 6.04. The average molecular weight is 280 g/mol. The third kappa shape index (κ3) is 2.65.